The minimum Gasteiger partial charge on any atom is -0.293 e. The molecule has 0 aliphatic heterocycles. The number of hydrogen-bond acceptors (Lipinski definition) is 2. The van der Waals surface area contributed by atoms with Crippen LogP contribution < -0.4 is 0 Å². The lowest BCUT2D eigenvalue weighted by molar-refractivity contribution is 0.973. The number of nitrogens with zero attached hydrogens (tertiary/aromatic N) is 2. The lowest BCUT2D eigenvalue weighted by atomic mass is 10.2. The maximum absolute atomic E-state index is 4.39. The van der Waals surface area contributed by atoms with Crippen LogP contribution in [0.5, 0.6) is 0 Å². The molecule has 0 unspecified atom stereocenters. The molecule has 2 heteroatoms. The van der Waals surface area contributed by atoms with E-state index >= 15 is 0 Å². The lowest BCUT2D eigenvalue weighted by Gasteiger charge is -1.95. The Bertz CT molecular complexity index is 668. The molecule has 2 nitrogen and oxygen atoms in total. The summed E-state index contributed by atoms with van der Waals surface area (Å²) >= 11 is 0. The van der Waals surface area contributed by atoms with Crippen molar-refractivity contribution in [3.05, 3.63) is 90.0 Å². The SMILES string of the molecule is C(/C=C\c1ccccc1)=NCC/C=C/C=NCCc1ccccc1. The van der Waals surface area contributed by atoms with Crippen LogP contribution in [0.3, 0.4) is 0 Å². The van der Waals surface area contributed by atoms with Gasteiger partial charge in [0.1, 0.15) is 0 Å². The number of benzene rings is 2. The van der Waals surface area contributed by atoms with E-state index in [0.717, 1.165) is 25.9 Å². The molecule has 0 heterocycles. The monoisotopic (exact) mass is 316 g/mol. The van der Waals surface area contributed by atoms with Crippen molar-refractivity contribution < 1.29 is 0 Å². The minimum atomic E-state index is 0.799. The third kappa shape index (κ3) is 8.04. The van der Waals surface area contributed by atoms with Gasteiger partial charge >= 0.3 is 0 Å². The Hall–Kier alpha value is -2.74. The molecule has 122 valence electrons. The highest BCUT2D eigenvalue weighted by atomic mass is 14.7. The third-order valence-electron chi connectivity index (χ3n) is 3.40. The van der Waals surface area contributed by atoms with E-state index in [1.807, 2.05) is 48.8 Å². The molecule has 2 aromatic rings. The van der Waals surface area contributed by atoms with Gasteiger partial charge < -0.3 is 0 Å². The molecule has 0 saturated carbocycles. The molecule has 0 fully saturated rings. The minimum absolute atomic E-state index is 0.799. The third-order valence-corrected chi connectivity index (χ3v) is 3.40. The molecule has 0 amide bonds. The van der Waals surface area contributed by atoms with E-state index in [1.165, 1.54) is 11.1 Å². The van der Waals surface area contributed by atoms with Crippen molar-refractivity contribution in [3.8, 4) is 0 Å². The highest BCUT2D eigenvalue weighted by molar-refractivity contribution is 5.78. The van der Waals surface area contributed by atoms with E-state index in [-0.39, 0.29) is 0 Å². The second-order valence-electron chi connectivity index (χ2n) is 5.33. The zero-order valence-corrected chi connectivity index (χ0v) is 14.0. The summed E-state index contributed by atoms with van der Waals surface area (Å²) in [6.45, 7) is 1.63. The molecule has 2 aromatic carbocycles. The molecule has 0 radical (unpaired) electrons. The average Bonchev–Trinajstić information content (AvgIpc) is 2.64. The fourth-order valence-electron chi connectivity index (χ4n) is 2.13. The van der Waals surface area contributed by atoms with E-state index in [0.29, 0.717) is 0 Å². The summed E-state index contributed by atoms with van der Waals surface area (Å²) in [7, 11) is 0. The number of rotatable bonds is 9. The number of hydrogen-bond donors (Lipinski definition) is 0. The summed E-state index contributed by atoms with van der Waals surface area (Å²) in [5, 5.41) is 0. The van der Waals surface area contributed by atoms with Gasteiger partial charge in [0, 0.05) is 25.5 Å². The van der Waals surface area contributed by atoms with Crippen LogP contribution in [-0.2, 0) is 6.42 Å². The summed E-state index contributed by atoms with van der Waals surface area (Å²) in [6, 6.07) is 20.7. The molecular weight excluding hydrogens is 292 g/mol. The Balaban J connectivity index is 1.53. The fourth-order valence-corrected chi connectivity index (χ4v) is 2.13. The summed E-state index contributed by atoms with van der Waals surface area (Å²) < 4.78 is 0. The van der Waals surface area contributed by atoms with Gasteiger partial charge in [0.25, 0.3) is 0 Å². The van der Waals surface area contributed by atoms with Crippen molar-refractivity contribution in [2.45, 2.75) is 12.8 Å². The smallest absolute Gasteiger partial charge is 0.0429 e. The Labute approximate surface area is 145 Å². The van der Waals surface area contributed by atoms with Crippen LogP contribution in [0.25, 0.3) is 6.08 Å². The molecule has 24 heavy (non-hydrogen) atoms. The van der Waals surface area contributed by atoms with Crippen LogP contribution in [0.4, 0.5) is 0 Å². The standard InChI is InChI=1S/C22H24N2/c1-4-11-21(12-5-1)15-10-19-23-17-8-3-9-18-24-20-16-22-13-6-2-7-14-22/h1-7,9-15,18-19H,8,16-17,20H2/b9-3+,15-10-,23-19?,24-18?. The van der Waals surface area contributed by atoms with Gasteiger partial charge in [-0.2, -0.15) is 0 Å². The van der Waals surface area contributed by atoms with E-state index in [1.54, 1.807) is 0 Å². The van der Waals surface area contributed by atoms with Gasteiger partial charge in [0.15, 0.2) is 0 Å². The molecule has 0 atom stereocenters. The average molecular weight is 316 g/mol. The summed E-state index contributed by atoms with van der Waals surface area (Å²) in [4.78, 5) is 8.74. The summed E-state index contributed by atoms with van der Waals surface area (Å²) in [5.41, 5.74) is 2.52. The van der Waals surface area contributed by atoms with Crippen LogP contribution in [0.15, 0.2) is 88.9 Å². The zero-order valence-electron chi connectivity index (χ0n) is 14.0. The first-order chi connectivity index (χ1) is 11.9. The molecule has 0 saturated heterocycles. The second-order valence-corrected chi connectivity index (χ2v) is 5.33. The topological polar surface area (TPSA) is 24.7 Å². The number of aliphatic imine (C=N–C) groups is 2. The van der Waals surface area contributed by atoms with Gasteiger partial charge in [-0.1, -0.05) is 72.8 Å². The quantitative estimate of drug-likeness (QED) is 0.458. The van der Waals surface area contributed by atoms with Gasteiger partial charge in [-0.25, -0.2) is 0 Å². The Morgan fingerprint density at radius 2 is 1.38 bits per heavy atom. The van der Waals surface area contributed by atoms with Crippen molar-refractivity contribution in [2.24, 2.45) is 9.98 Å². The Kier molecular flexibility index (Phi) is 8.64. The van der Waals surface area contributed by atoms with E-state index in [4.69, 9.17) is 0 Å². The number of allylic oxidation sites excluding steroid dienone is 2. The van der Waals surface area contributed by atoms with E-state index in [2.05, 4.69) is 58.5 Å². The zero-order chi connectivity index (χ0) is 16.7. The van der Waals surface area contributed by atoms with Crippen LogP contribution in [0.2, 0.25) is 0 Å². The van der Waals surface area contributed by atoms with Crippen molar-refractivity contribution in [2.75, 3.05) is 13.1 Å². The van der Waals surface area contributed by atoms with Crippen LogP contribution >= 0.6 is 0 Å². The van der Waals surface area contributed by atoms with Gasteiger partial charge in [-0.3, -0.25) is 9.98 Å². The van der Waals surface area contributed by atoms with Gasteiger partial charge in [0.05, 0.1) is 0 Å². The van der Waals surface area contributed by atoms with Crippen molar-refractivity contribution >= 4 is 18.5 Å². The van der Waals surface area contributed by atoms with Crippen molar-refractivity contribution in [3.63, 3.8) is 0 Å². The van der Waals surface area contributed by atoms with Gasteiger partial charge in [-0.15, -0.1) is 0 Å². The van der Waals surface area contributed by atoms with E-state index in [9.17, 15) is 0 Å². The molecule has 2 rings (SSSR count). The predicted molar refractivity (Wildman–Crippen MR) is 106 cm³/mol. The Morgan fingerprint density at radius 3 is 2.17 bits per heavy atom. The molecule has 0 aliphatic carbocycles. The van der Waals surface area contributed by atoms with Crippen LogP contribution in [-0.4, -0.2) is 25.5 Å². The van der Waals surface area contributed by atoms with E-state index < -0.39 is 0 Å². The molecule has 0 aromatic heterocycles. The first-order valence-corrected chi connectivity index (χ1v) is 8.35. The maximum atomic E-state index is 4.39. The van der Waals surface area contributed by atoms with Crippen molar-refractivity contribution in [1.29, 1.82) is 0 Å². The fraction of sp³-hybridized carbons (Fsp3) is 0.182. The van der Waals surface area contributed by atoms with Crippen LogP contribution in [0.1, 0.15) is 17.5 Å². The maximum Gasteiger partial charge on any atom is 0.0429 e. The summed E-state index contributed by atoms with van der Waals surface area (Å²) in [6.07, 6.45) is 13.8. The normalized spacial score (nSPS) is 12.2. The largest absolute Gasteiger partial charge is 0.293 e. The molecule has 0 bridgehead atoms. The van der Waals surface area contributed by atoms with Crippen LogP contribution in [0, 0.1) is 0 Å². The predicted octanol–water partition coefficient (Wildman–Crippen LogP) is 5.03. The molecule has 0 aliphatic rings. The first kappa shape index (κ1) is 17.6. The lowest BCUT2D eigenvalue weighted by Crippen LogP contribution is -1.88. The van der Waals surface area contributed by atoms with Gasteiger partial charge in [0.2, 0.25) is 0 Å². The molecule has 0 N–H and O–H groups in total. The van der Waals surface area contributed by atoms with Crippen molar-refractivity contribution in [1.82, 2.24) is 0 Å². The highest BCUT2D eigenvalue weighted by Gasteiger charge is 1.87. The first-order valence-electron chi connectivity index (χ1n) is 8.35. The molecule has 0 spiro atoms. The van der Waals surface area contributed by atoms with Gasteiger partial charge in [-0.05, 0) is 36.1 Å². The summed E-state index contributed by atoms with van der Waals surface area (Å²) in [5.74, 6) is 0. The highest BCUT2D eigenvalue weighted by Crippen LogP contribution is 2.00. The molecular formula is C22H24N2. The Morgan fingerprint density at radius 1 is 0.708 bits per heavy atom. The second kappa shape index (κ2) is 11.8.